The van der Waals surface area contributed by atoms with Gasteiger partial charge in [0.15, 0.2) is 6.23 Å². The predicted octanol–water partition coefficient (Wildman–Crippen LogP) is 2.42. The van der Waals surface area contributed by atoms with Crippen molar-refractivity contribution in [1.82, 2.24) is 14.3 Å². The molecule has 0 saturated carbocycles. The summed E-state index contributed by atoms with van der Waals surface area (Å²) >= 11 is 0.360. The van der Waals surface area contributed by atoms with Crippen LogP contribution < -0.4 is 20.5 Å². The van der Waals surface area contributed by atoms with Crippen LogP contribution >= 0.6 is 18.4 Å². The molecule has 13 nitrogen and oxygen atoms in total. The Hall–Kier alpha value is -3.30. The minimum atomic E-state index is -4.41. The number of nitrogens with zero attached hydrogens (tertiary/aromatic N) is 1. The third-order valence-electron chi connectivity index (χ3n) is 6.17. The van der Waals surface area contributed by atoms with Gasteiger partial charge in [-0.05, 0) is 31.5 Å². The molecule has 0 amide bonds. The maximum absolute atomic E-state index is 16.0. The molecule has 1 aromatic heterocycles. The topological polar surface area (TPSA) is 178 Å². The number of H-pyrrole nitrogens is 1. The summed E-state index contributed by atoms with van der Waals surface area (Å²) in [4.78, 5) is 38.1. The number of aliphatic hydroxyl groups excluding tert-OH is 1. The van der Waals surface area contributed by atoms with E-state index in [1.165, 1.54) is 19.1 Å². The van der Waals surface area contributed by atoms with E-state index in [9.17, 15) is 29.2 Å². The van der Waals surface area contributed by atoms with Gasteiger partial charge in [0.2, 0.25) is 0 Å². The van der Waals surface area contributed by atoms with Crippen molar-refractivity contribution in [1.29, 1.82) is 0 Å². The first-order valence-electron chi connectivity index (χ1n) is 12.6. The molecule has 1 fully saturated rings. The van der Waals surface area contributed by atoms with Gasteiger partial charge in [-0.2, -0.15) is 0 Å². The molecule has 4 rings (SSSR count). The van der Waals surface area contributed by atoms with Crippen LogP contribution in [0.1, 0.15) is 25.6 Å². The van der Waals surface area contributed by atoms with Gasteiger partial charge in [-0.1, -0.05) is 48.5 Å². The molecule has 1 unspecified atom stereocenters. The van der Waals surface area contributed by atoms with Crippen molar-refractivity contribution >= 4 is 24.3 Å². The predicted molar refractivity (Wildman–Crippen MR) is 149 cm³/mol. The molecular formula is C26H29FN3O10PS. The second-order valence-electron chi connectivity index (χ2n) is 9.55. The molecule has 226 valence electrons. The first kappa shape index (κ1) is 31.6. The fraction of sp³-hybridized carbons (Fsp3) is 0.346. The number of rotatable bonds is 12. The number of carbonyl (C=O) groups is 1. The van der Waals surface area contributed by atoms with Crippen LogP contribution in [0.2, 0.25) is 0 Å². The summed E-state index contributed by atoms with van der Waals surface area (Å²) in [6, 6.07) is 16.7. The number of esters is 1. The van der Waals surface area contributed by atoms with E-state index in [-0.39, 0.29) is 12.4 Å². The third kappa shape index (κ3) is 7.36. The van der Waals surface area contributed by atoms with Gasteiger partial charge in [-0.3, -0.25) is 23.7 Å². The van der Waals surface area contributed by atoms with Gasteiger partial charge in [0.05, 0.1) is 11.6 Å². The minimum absolute atomic E-state index is 0.00409. The van der Waals surface area contributed by atoms with Crippen LogP contribution in [-0.4, -0.2) is 55.9 Å². The van der Waals surface area contributed by atoms with Gasteiger partial charge in [-0.15, -0.1) is 0 Å². The van der Waals surface area contributed by atoms with Crippen LogP contribution in [0, 0.1) is 0 Å². The van der Waals surface area contributed by atoms with Crippen molar-refractivity contribution in [2.75, 3.05) is 6.61 Å². The van der Waals surface area contributed by atoms with E-state index in [0.717, 1.165) is 24.8 Å². The number of benzene rings is 2. The molecule has 0 bridgehead atoms. The third-order valence-corrected chi connectivity index (χ3v) is 9.26. The van der Waals surface area contributed by atoms with Crippen LogP contribution in [0.3, 0.4) is 0 Å². The molecule has 1 aliphatic heterocycles. The molecule has 16 heteroatoms. The highest BCUT2D eigenvalue weighted by molar-refractivity contribution is 8.54. The van der Waals surface area contributed by atoms with Gasteiger partial charge in [-0.25, -0.2) is 18.5 Å². The number of carbonyl (C=O) groups excluding carboxylic acids is 1. The zero-order valence-electron chi connectivity index (χ0n) is 22.4. The van der Waals surface area contributed by atoms with Crippen molar-refractivity contribution in [2.24, 2.45) is 0 Å². The van der Waals surface area contributed by atoms with Gasteiger partial charge in [0.25, 0.3) is 11.4 Å². The molecule has 3 aromatic rings. The Morgan fingerprint density at radius 2 is 1.83 bits per heavy atom. The smallest absolute Gasteiger partial charge is 0.455 e. The Morgan fingerprint density at radius 1 is 1.19 bits per heavy atom. The van der Waals surface area contributed by atoms with Crippen LogP contribution in [-0.2, 0) is 30.0 Å². The largest absolute Gasteiger partial charge is 0.460 e. The first-order valence-corrected chi connectivity index (χ1v) is 15.5. The summed E-state index contributed by atoms with van der Waals surface area (Å²) in [5.41, 5.74) is -3.41. The zero-order chi connectivity index (χ0) is 30.5. The zero-order valence-corrected chi connectivity index (χ0v) is 24.1. The second kappa shape index (κ2) is 12.9. The van der Waals surface area contributed by atoms with Crippen molar-refractivity contribution in [2.45, 2.75) is 50.3 Å². The number of para-hydroxylation sites is 1. The number of aromatic nitrogens is 2. The van der Waals surface area contributed by atoms with Crippen LogP contribution in [0.15, 0.2) is 82.5 Å². The van der Waals surface area contributed by atoms with Crippen LogP contribution in [0.5, 0.6) is 5.75 Å². The van der Waals surface area contributed by atoms with E-state index in [1.807, 2.05) is 11.1 Å². The lowest BCUT2D eigenvalue weighted by Gasteiger charge is -2.28. The summed E-state index contributed by atoms with van der Waals surface area (Å²) in [5, 5.41) is 21.5. The number of halogens is 1. The lowest BCUT2D eigenvalue weighted by molar-refractivity contribution is -0.203. The summed E-state index contributed by atoms with van der Waals surface area (Å²) in [7, 11) is 0. The summed E-state index contributed by atoms with van der Waals surface area (Å²) in [5.74, 6) is -3.79. The fourth-order valence-corrected chi connectivity index (χ4v) is 6.69. The van der Waals surface area contributed by atoms with E-state index in [1.54, 1.807) is 42.5 Å². The maximum Gasteiger partial charge on any atom is 0.455 e. The number of nitrogens with one attached hydrogen (secondary N) is 2. The normalized spacial score (nSPS) is 25.8. The molecule has 4 N–H and O–H groups in total. The highest BCUT2D eigenvalue weighted by Gasteiger charge is 2.63. The quantitative estimate of drug-likeness (QED) is 0.131. The molecule has 0 radical (unpaired) electrons. The van der Waals surface area contributed by atoms with Gasteiger partial charge < -0.3 is 24.2 Å². The van der Waals surface area contributed by atoms with E-state index in [0.29, 0.717) is 16.1 Å². The van der Waals surface area contributed by atoms with E-state index in [2.05, 4.69) is 4.72 Å². The number of aromatic amines is 1. The Morgan fingerprint density at radius 3 is 2.48 bits per heavy atom. The molecule has 0 aliphatic carbocycles. The van der Waals surface area contributed by atoms with Crippen molar-refractivity contribution in [3.63, 3.8) is 0 Å². The highest BCUT2D eigenvalue weighted by atomic mass is 32.7. The van der Waals surface area contributed by atoms with E-state index >= 15 is 4.39 Å². The summed E-state index contributed by atoms with van der Waals surface area (Å²) in [6.45, 7) is -3.19. The monoisotopic (exact) mass is 625 g/mol. The van der Waals surface area contributed by atoms with Gasteiger partial charge in [0.1, 0.15) is 36.7 Å². The summed E-state index contributed by atoms with van der Waals surface area (Å²) in [6.07, 6.45) is -3.14. The average molecular weight is 626 g/mol. The Balaban J connectivity index is 1.47. The number of hydrogen-bond donors (Lipinski definition) is 4. The number of ether oxygens (including phenoxy) is 2. The van der Waals surface area contributed by atoms with Crippen LogP contribution in [0.25, 0.3) is 0 Å². The van der Waals surface area contributed by atoms with Crippen molar-refractivity contribution in [3.05, 3.63) is 99.3 Å². The number of alkyl halides is 1. The number of hydrogen-bond acceptors (Lipinski definition) is 12. The van der Waals surface area contributed by atoms with Crippen molar-refractivity contribution < 1.29 is 42.5 Å². The fourth-order valence-electron chi connectivity index (χ4n) is 3.90. The molecule has 2 aromatic carbocycles. The SMILES string of the molecule is C[C@H](NSP(=O)(OC[C@@]1(F)O[C@@H](n2ccc(=O)[nH]c2=O)[C@](C)(O)[C@@H]1O)Oc1ccccc1)C(=O)OCc1ccccc1. The Labute approximate surface area is 243 Å². The minimum Gasteiger partial charge on any atom is -0.460 e. The molecule has 1 aliphatic rings. The van der Waals surface area contributed by atoms with Gasteiger partial charge in [0, 0.05) is 12.3 Å². The molecule has 42 heavy (non-hydrogen) atoms. The van der Waals surface area contributed by atoms with Crippen molar-refractivity contribution in [3.8, 4) is 5.75 Å². The van der Waals surface area contributed by atoms with Crippen LogP contribution in [0.4, 0.5) is 4.39 Å². The first-order chi connectivity index (χ1) is 19.8. The summed E-state index contributed by atoms with van der Waals surface area (Å²) < 4.78 is 54.4. The molecular weight excluding hydrogens is 596 g/mol. The van der Waals surface area contributed by atoms with E-state index < -0.39 is 60.5 Å². The molecule has 6 atom stereocenters. The second-order valence-corrected chi connectivity index (χ2v) is 13.2. The molecule has 2 heterocycles. The van der Waals surface area contributed by atoms with Gasteiger partial charge >= 0.3 is 18.5 Å². The highest BCUT2D eigenvalue weighted by Crippen LogP contribution is 2.60. The lowest BCUT2D eigenvalue weighted by Crippen LogP contribution is -2.50. The molecule has 0 spiro atoms. The maximum atomic E-state index is 16.0. The Kier molecular flexibility index (Phi) is 9.73. The average Bonchev–Trinajstić information content (AvgIpc) is 3.15. The standard InChI is InChI=1S/C26H29FN3O10PS/c1-17(21(32)37-15-18-9-5-3-6-10-18)29-42-41(36,40-19-11-7-4-8-12-19)38-16-26(27)22(33)25(2,35)23(39-26)30-14-13-20(31)28-24(30)34/h3-14,17,22-23,29,33,35H,15-16H2,1-2H3,(H,28,31,34)/t17-,22-,23+,25+,26+,41?/m0/s1. The lowest BCUT2D eigenvalue weighted by atomic mass is 9.95. The van der Waals surface area contributed by atoms with E-state index in [4.69, 9.17) is 18.5 Å². The Bertz CT molecular complexity index is 1540. The molecule has 1 saturated heterocycles. The number of aliphatic hydroxyl groups is 2.